The van der Waals surface area contributed by atoms with E-state index >= 15 is 0 Å². The number of ether oxygens (including phenoxy) is 1. The van der Waals surface area contributed by atoms with E-state index in [0.29, 0.717) is 0 Å². The number of oxazole rings is 1. The van der Waals surface area contributed by atoms with Gasteiger partial charge in [-0.2, -0.15) is 13.2 Å². The molecule has 1 fully saturated rings. The first-order chi connectivity index (χ1) is 18.0. The number of carbonyl (C=O) groups excluding carboxylic acids is 2. The van der Waals surface area contributed by atoms with Crippen molar-refractivity contribution >= 4 is 39.8 Å². The summed E-state index contributed by atoms with van der Waals surface area (Å²) >= 11 is 0. The molecule has 1 saturated heterocycles. The SMILES string of the molecule is CNC(=O)[C@H]1O[C@@H](n2cnc3c(NCc4cc(C(F)(F)F)c5oc(C(C)=O)nc5c4)ncnc32)[C@H](O)[C@@H]1O. The Hall–Kier alpha value is -4.15. The highest BCUT2D eigenvalue weighted by Gasteiger charge is 2.47. The number of hydrogen-bond donors (Lipinski definition) is 4. The number of anilines is 1. The number of Topliss-reactive ketones (excluding diaryl/α,β-unsaturated/α-hetero) is 1. The molecule has 1 aliphatic heterocycles. The molecule has 3 aromatic heterocycles. The van der Waals surface area contributed by atoms with Gasteiger partial charge in [-0.05, 0) is 17.7 Å². The van der Waals surface area contributed by atoms with E-state index in [1.165, 1.54) is 24.0 Å². The molecule has 4 atom stereocenters. The number of aliphatic hydroxyl groups is 2. The largest absolute Gasteiger partial charge is 0.433 e. The molecule has 0 bridgehead atoms. The third-order valence-electron chi connectivity index (χ3n) is 5.99. The molecule has 200 valence electrons. The molecule has 0 aliphatic carbocycles. The van der Waals surface area contributed by atoms with Gasteiger partial charge in [-0.1, -0.05) is 0 Å². The van der Waals surface area contributed by atoms with Gasteiger partial charge in [0.2, 0.25) is 5.78 Å². The number of nitrogens with zero attached hydrogens (tertiary/aromatic N) is 5. The number of benzene rings is 1. The van der Waals surface area contributed by atoms with Crippen LogP contribution in [0.5, 0.6) is 0 Å². The maximum atomic E-state index is 13.7. The van der Waals surface area contributed by atoms with Crippen molar-refractivity contribution in [2.45, 2.75) is 44.2 Å². The number of likely N-dealkylation sites (N-methyl/N-ethyl adjacent to an activating group) is 1. The van der Waals surface area contributed by atoms with Crippen LogP contribution in [-0.2, 0) is 22.3 Å². The van der Waals surface area contributed by atoms with Crippen molar-refractivity contribution < 1.29 is 42.1 Å². The lowest BCUT2D eigenvalue weighted by atomic mass is 10.1. The van der Waals surface area contributed by atoms with Gasteiger partial charge in [0.05, 0.1) is 6.33 Å². The molecule has 5 rings (SSSR count). The third-order valence-corrected chi connectivity index (χ3v) is 5.99. The number of aliphatic hydroxyl groups excluding tert-OH is 2. The van der Waals surface area contributed by atoms with Crippen molar-refractivity contribution in [3.8, 4) is 0 Å². The molecular formula is C22H20F3N7O6. The van der Waals surface area contributed by atoms with Gasteiger partial charge >= 0.3 is 6.18 Å². The second-order valence-corrected chi connectivity index (χ2v) is 8.51. The van der Waals surface area contributed by atoms with E-state index in [9.17, 15) is 33.0 Å². The number of alkyl halides is 3. The van der Waals surface area contributed by atoms with Gasteiger partial charge in [0, 0.05) is 20.5 Å². The number of ketones is 1. The molecule has 0 saturated carbocycles. The minimum Gasteiger partial charge on any atom is -0.433 e. The van der Waals surface area contributed by atoms with E-state index in [-0.39, 0.29) is 34.6 Å². The second kappa shape index (κ2) is 9.30. The molecule has 4 aromatic rings. The highest BCUT2D eigenvalue weighted by Crippen LogP contribution is 2.37. The zero-order valence-corrected chi connectivity index (χ0v) is 19.7. The third kappa shape index (κ3) is 4.31. The molecule has 1 aliphatic rings. The van der Waals surface area contributed by atoms with Crippen LogP contribution in [0.3, 0.4) is 0 Å². The van der Waals surface area contributed by atoms with E-state index in [4.69, 9.17) is 9.15 Å². The topological polar surface area (TPSA) is 178 Å². The Morgan fingerprint density at radius 1 is 1.16 bits per heavy atom. The Labute approximate surface area is 210 Å². The molecule has 38 heavy (non-hydrogen) atoms. The molecule has 1 aromatic carbocycles. The van der Waals surface area contributed by atoms with Crippen LogP contribution >= 0.6 is 0 Å². The minimum atomic E-state index is -4.76. The molecule has 16 heteroatoms. The number of amides is 1. The number of halogens is 3. The van der Waals surface area contributed by atoms with E-state index in [2.05, 4.69) is 30.6 Å². The number of carbonyl (C=O) groups is 2. The first-order valence-electron chi connectivity index (χ1n) is 11.2. The molecular weight excluding hydrogens is 515 g/mol. The quantitative estimate of drug-likeness (QED) is 0.261. The second-order valence-electron chi connectivity index (χ2n) is 8.51. The van der Waals surface area contributed by atoms with Gasteiger partial charge in [0.25, 0.3) is 11.8 Å². The van der Waals surface area contributed by atoms with Crippen LogP contribution < -0.4 is 10.6 Å². The molecule has 1 amide bonds. The molecule has 4 heterocycles. The van der Waals surface area contributed by atoms with Gasteiger partial charge in [-0.25, -0.2) is 19.9 Å². The summed E-state index contributed by atoms with van der Waals surface area (Å²) in [5.41, 5.74) is -1.22. The lowest BCUT2D eigenvalue weighted by Gasteiger charge is -2.16. The van der Waals surface area contributed by atoms with E-state index in [0.717, 1.165) is 19.3 Å². The smallest absolute Gasteiger partial charge is 0.420 e. The van der Waals surface area contributed by atoms with Crippen molar-refractivity contribution in [1.82, 2.24) is 29.8 Å². The van der Waals surface area contributed by atoms with Crippen molar-refractivity contribution in [2.75, 3.05) is 12.4 Å². The highest BCUT2D eigenvalue weighted by atomic mass is 19.4. The summed E-state index contributed by atoms with van der Waals surface area (Å²) < 4.78 is 53.0. The Morgan fingerprint density at radius 2 is 1.92 bits per heavy atom. The summed E-state index contributed by atoms with van der Waals surface area (Å²) in [6, 6.07) is 2.23. The summed E-state index contributed by atoms with van der Waals surface area (Å²) in [5.74, 6) is -1.52. The number of fused-ring (bicyclic) bond motifs is 2. The Bertz CT molecular complexity index is 1550. The number of hydrogen-bond acceptors (Lipinski definition) is 11. The summed E-state index contributed by atoms with van der Waals surface area (Å²) in [5, 5.41) is 25.9. The first kappa shape index (κ1) is 25.5. The first-order valence-corrected chi connectivity index (χ1v) is 11.2. The van der Waals surface area contributed by atoms with Crippen LogP contribution in [0, 0.1) is 0 Å². The summed E-state index contributed by atoms with van der Waals surface area (Å²) in [4.78, 5) is 39.8. The van der Waals surface area contributed by atoms with Gasteiger partial charge in [0.1, 0.15) is 29.6 Å². The summed E-state index contributed by atoms with van der Waals surface area (Å²) in [7, 11) is 1.36. The van der Waals surface area contributed by atoms with Crippen molar-refractivity contribution in [2.24, 2.45) is 0 Å². The Balaban J connectivity index is 1.44. The van der Waals surface area contributed by atoms with Crippen LogP contribution in [-0.4, -0.2) is 71.8 Å². The fourth-order valence-electron chi connectivity index (χ4n) is 4.16. The molecule has 4 N–H and O–H groups in total. The Morgan fingerprint density at radius 3 is 2.61 bits per heavy atom. The predicted octanol–water partition coefficient (Wildman–Crippen LogP) is 1.17. The average molecular weight is 535 g/mol. The minimum absolute atomic E-state index is 0.129. The number of nitrogens with one attached hydrogen (secondary N) is 2. The van der Waals surface area contributed by atoms with Crippen molar-refractivity contribution in [3.63, 3.8) is 0 Å². The summed E-state index contributed by atoms with van der Waals surface area (Å²) in [6.45, 7) is 0.995. The maximum Gasteiger partial charge on any atom is 0.420 e. The maximum absolute atomic E-state index is 13.7. The van der Waals surface area contributed by atoms with Gasteiger partial charge in [-0.3, -0.25) is 14.2 Å². The van der Waals surface area contributed by atoms with Crippen LogP contribution in [0.2, 0.25) is 0 Å². The highest BCUT2D eigenvalue weighted by molar-refractivity contribution is 5.93. The standard InChI is InChI=1S/C22H20F3N7O6/c1-8(33)20-31-11-4-9(3-10(15(11)37-20)22(23,24)25)5-27-17-12-18(29-6-28-17)32(7-30-12)21-14(35)13(34)16(38-21)19(36)26-2/h3-4,6-7,13-14,16,21,34-35H,5H2,1-2H3,(H,26,36)(H,27,28,29)/t13-,14+,16-,21+/m0/s1. The Kier molecular flexibility index (Phi) is 6.24. The number of imidazole rings is 1. The van der Waals surface area contributed by atoms with Crippen LogP contribution in [0.25, 0.3) is 22.3 Å². The van der Waals surface area contributed by atoms with E-state index < -0.39 is 59.4 Å². The van der Waals surface area contributed by atoms with Gasteiger partial charge < -0.3 is 30.0 Å². The number of rotatable bonds is 6. The van der Waals surface area contributed by atoms with E-state index in [1.807, 2.05) is 0 Å². The zero-order valence-electron chi connectivity index (χ0n) is 19.7. The van der Waals surface area contributed by atoms with Crippen molar-refractivity contribution in [1.29, 1.82) is 0 Å². The molecule has 0 spiro atoms. The van der Waals surface area contributed by atoms with Crippen LogP contribution in [0.4, 0.5) is 19.0 Å². The van der Waals surface area contributed by atoms with Gasteiger partial charge in [-0.15, -0.1) is 0 Å². The molecule has 0 unspecified atom stereocenters. The fraction of sp³-hybridized carbons (Fsp3) is 0.364. The lowest BCUT2D eigenvalue weighted by molar-refractivity contribution is -0.137. The monoisotopic (exact) mass is 535 g/mol. The van der Waals surface area contributed by atoms with Gasteiger partial charge in [0.15, 0.2) is 34.9 Å². The lowest BCUT2D eigenvalue weighted by Crippen LogP contribution is -2.41. The molecule has 0 radical (unpaired) electrons. The van der Waals surface area contributed by atoms with Crippen molar-refractivity contribution in [3.05, 3.63) is 41.8 Å². The number of aromatic nitrogens is 5. The normalized spacial score (nSPS) is 21.8. The summed E-state index contributed by atoms with van der Waals surface area (Å²) in [6.07, 6.45) is -7.83. The fourth-order valence-corrected chi connectivity index (χ4v) is 4.16. The predicted molar refractivity (Wildman–Crippen MR) is 122 cm³/mol. The molecule has 13 nitrogen and oxygen atoms in total. The van der Waals surface area contributed by atoms with E-state index in [1.54, 1.807) is 0 Å². The zero-order chi connectivity index (χ0) is 27.4. The average Bonchev–Trinajstić information content (AvgIpc) is 3.57. The van der Waals surface area contributed by atoms with Crippen LogP contribution in [0.1, 0.15) is 35.0 Å². The van der Waals surface area contributed by atoms with Crippen LogP contribution in [0.15, 0.2) is 29.2 Å².